The second-order valence-electron chi connectivity index (χ2n) is 6.04. The van der Waals surface area contributed by atoms with E-state index in [-0.39, 0.29) is 11.4 Å². The fourth-order valence-corrected chi connectivity index (χ4v) is 3.17. The van der Waals surface area contributed by atoms with E-state index in [0.29, 0.717) is 32.9 Å². The average Bonchev–Trinajstić information content (AvgIpc) is 3.08. The first-order valence-corrected chi connectivity index (χ1v) is 8.62. The summed E-state index contributed by atoms with van der Waals surface area (Å²) in [4.78, 5) is 17.3. The summed E-state index contributed by atoms with van der Waals surface area (Å²) in [6, 6.07) is 15.7. The van der Waals surface area contributed by atoms with Crippen molar-refractivity contribution in [1.29, 1.82) is 0 Å². The number of fused-ring (bicyclic) bond motifs is 1. The van der Waals surface area contributed by atoms with Gasteiger partial charge in [0.15, 0.2) is 5.82 Å². The summed E-state index contributed by atoms with van der Waals surface area (Å²) in [6.07, 6.45) is 1.50. The zero-order valence-electron chi connectivity index (χ0n) is 14.3. The molecule has 0 aliphatic carbocycles. The molecule has 0 unspecified atom stereocenters. The topological polar surface area (TPSA) is 83.3 Å². The number of aromatic nitrogens is 3. The minimum Gasteiger partial charge on any atom is -0.494 e. The highest BCUT2D eigenvalue weighted by Gasteiger charge is 2.17. The van der Waals surface area contributed by atoms with Gasteiger partial charge in [-0.25, -0.2) is 9.56 Å². The van der Waals surface area contributed by atoms with Crippen LogP contribution >= 0.6 is 11.6 Å². The van der Waals surface area contributed by atoms with Crippen LogP contribution in [-0.2, 0) is 0 Å². The molecule has 7 heteroatoms. The Bertz CT molecular complexity index is 1240. The summed E-state index contributed by atoms with van der Waals surface area (Å²) in [7, 11) is 0. The van der Waals surface area contributed by atoms with Crippen LogP contribution in [-0.4, -0.2) is 26.1 Å². The van der Waals surface area contributed by atoms with Crippen LogP contribution in [0.1, 0.15) is 11.3 Å². The zero-order chi connectivity index (χ0) is 19.0. The molecule has 2 N–H and O–H groups in total. The molecule has 134 valence electrons. The number of halogens is 1. The van der Waals surface area contributed by atoms with Gasteiger partial charge >= 0.3 is 0 Å². The Morgan fingerprint density at radius 2 is 1.85 bits per heavy atom. The molecule has 4 rings (SSSR count). The lowest BCUT2D eigenvalue weighted by molar-refractivity contribution is 0.436. The van der Waals surface area contributed by atoms with E-state index in [1.807, 2.05) is 6.92 Å². The van der Waals surface area contributed by atoms with Crippen molar-refractivity contribution in [3.8, 4) is 11.6 Å². The van der Waals surface area contributed by atoms with E-state index in [4.69, 9.17) is 11.6 Å². The van der Waals surface area contributed by atoms with Crippen LogP contribution in [0.25, 0.3) is 16.5 Å². The molecule has 2 heterocycles. The number of H-pyrrole nitrogens is 1. The van der Waals surface area contributed by atoms with E-state index in [1.165, 1.54) is 10.8 Å². The van der Waals surface area contributed by atoms with Crippen molar-refractivity contribution in [2.24, 2.45) is 4.99 Å². The SMILES string of the molecule is Cc1cc(N=Cc2c(O)n(-c3ccccc3Cl)c(=O)c3ccccc23)n[nH]1. The van der Waals surface area contributed by atoms with E-state index >= 15 is 0 Å². The Morgan fingerprint density at radius 1 is 1.15 bits per heavy atom. The summed E-state index contributed by atoms with van der Waals surface area (Å²) in [5.74, 6) is 0.245. The quantitative estimate of drug-likeness (QED) is 0.526. The molecule has 0 bridgehead atoms. The number of hydrogen-bond acceptors (Lipinski definition) is 4. The zero-order valence-corrected chi connectivity index (χ0v) is 15.1. The Labute approximate surface area is 159 Å². The van der Waals surface area contributed by atoms with Gasteiger partial charge in [0.2, 0.25) is 5.88 Å². The van der Waals surface area contributed by atoms with E-state index < -0.39 is 0 Å². The smallest absolute Gasteiger partial charge is 0.265 e. The maximum atomic E-state index is 13.0. The molecule has 0 saturated heterocycles. The third kappa shape index (κ3) is 3.00. The van der Waals surface area contributed by atoms with Gasteiger partial charge in [0.05, 0.1) is 16.3 Å². The third-order valence-electron chi connectivity index (χ3n) is 4.22. The van der Waals surface area contributed by atoms with Gasteiger partial charge in [-0.05, 0) is 25.1 Å². The normalized spacial score (nSPS) is 11.5. The van der Waals surface area contributed by atoms with Gasteiger partial charge in [0.25, 0.3) is 5.56 Å². The summed E-state index contributed by atoms with van der Waals surface area (Å²) in [5, 5.41) is 19.2. The van der Waals surface area contributed by atoms with Gasteiger partial charge in [0.1, 0.15) is 0 Å². The predicted octanol–water partition coefficient (Wildman–Crippen LogP) is 4.13. The lowest BCUT2D eigenvalue weighted by Gasteiger charge is -2.14. The monoisotopic (exact) mass is 378 g/mol. The molecule has 0 saturated carbocycles. The lowest BCUT2D eigenvalue weighted by atomic mass is 10.1. The molecule has 0 fully saturated rings. The van der Waals surface area contributed by atoms with E-state index in [9.17, 15) is 9.90 Å². The second kappa shape index (κ2) is 6.74. The van der Waals surface area contributed by atoms with Crippen molar-refractivity contribution in [3.05, 3.63) is 81.2 Å². The number of nitrogens with zero attached hydrogens (tertiary/aromatic N) is 3. The highest BCUT2D eigenvalue weighted by Crippen LogP contribution is 2.29. The van der Waals surface area contributed by atoms with Crippen molar-refractivity contribution in [3.63, 3.8) is 0 Å². The first kappa shape index (κ1) is 17.1. The van der Waals surface area contributed by atoms with Crippen molar-refractivity contribution in [1.82, 2.24) is 14.8 Å². The van der Waals surface area contributed by atoms with Crippen molar-refractivity contribution < 1.29 is 5.11 Å². The highest BCUT2D eigenvalue weighted by molar-refractivity contribution is 6.32. The maximum absolute atomic E-state index is 13.0. The van der Waals surface area contributed by atoms with Gasteiger partial charge in [-0.2, -0.15) is 5.10 Å². The molecule has 0 atom stereocenters. The molecule has 0 aliphatic heterocycles. The van der Waals surface area contributed by atoms with Gasteiger partial charge in [0, 0.05) is 28.7 Å². The first-order chi connectivity index (χ1) is 13.1. The van der Waals surface area contributed by atoms with Crippen LogP contribution in [0.2, 0.25) is 5.02 Å². The van der Waals surface area contributed by atoms with E-state index in [1.54, 1.807) is 54.6 Å². The lowest BCUT2D eigenvalue weighted by Crippen LogP contribution is -2.20. The number of aromatic amines is 1. The molecule has 4 aromatic rings. The molecule has 0 amide bonds. The Hall–Kier alpha value is -3.38. The average molecular weight is 379 g/mol. The number of hydrogen-bond donors (Lipinski definition) is 2. The van der Waals surface area contributed by atoms with Gasteiger partial charge in [-0.15, -0.1) is 0 Å². The highest BCUT2D eigenvalue weighted by atomic mass is 35.5. The largest absolute Gasteiger partial charge is 0.494 e. The third-order valence-corrected chi connectivity index (χ3v) is 4.53. The van der Waals surface area contributed by atoms with Gasteiger partial charge < -0.3 is 5.11 Å². The van der Waals surface area contributed by atoms with Gasteiger partial charge in [-0.3, -0.25) is 9.89 Å². The van der Waals surface area contributed by atoms with E-state index in [2.05, 4.69) is 15.2 Å². The van der Waals surface area contributed by atoms with Crippen LogP contribution in [0.3, 0.4) is 0 Å². The van der Waals surface area contributed by atoms with Crippen LogP contribution in [0, 0.1) is 6.92 Å². The molecular weight excluding hydrogens is 364 g/mol. The first-order valence-electron chi connectivity index (χ1n) is 8.24. The summed E-state index contributed by atoms with van der Waals surface area (Å²) >= 11 is 6.26. The number of benzene rings is 2. The van der Waals surface area contributed by atoms with Crippen LogP contribution in [0.15, 0.2) is 64.4 Å². The number of para-hydroxylation sites is 1. The molecule has 6 nitrogen and oxygen atoms in total. The Balaban J connectivity index is 2.02. The molecular formula is C20H15ClN4O2. The van der Waals surface area contributed by atoms with Crippen LogP contribution < -0.4 is 5.56 Å². The Kier molecular flexibility index (Phi) is 4.25. The predicted molar refractivity (Wildman–Crippen MR) is 107 cm³/mol. The summed E-state index contributed by atoms with van der Waals surface area (Å²) < 4.78 is 1.20. The van der Waals surface area contributed by atoms with Gasteiger partial charge in [-0.1, -0.05) is 41.9 Å². The van der Waals surface area contributed by atoms with Crippen LogP contribution in [0.5, 0.6) is 5.88 Å². The van der Waals surface area contributed by atoms with Crippen molar-refractivity contribution in [2.45, 2.75) is 6.92 Å². The second-order valence-corrected chi connectivity index (χ2v) is 6.45. The Morgan fingerprint density at radius 3 is 2.56 bits per heavy atom. The maximum Gasteiger partial charge on any atom is 0.265 e. The molecule has 0 radical (unpaired) electrons. The molecule has 0 spiro atoms. The molecule has 0 aliphatic rings. The minimum atomic E-state index is -0.357. The van der Waals surface area contributed by atoms with E-state index in [0.717, 1.165) is 5.69 Å². The molecule has 2 aromatic carbocycles. The molecule has 27 heavy (non-hydrogen) atoms. The standard InChI is InChI=1S/C20H15ClN4O2/c1-12-10-18(24-23-12)22-11-15-13-6-2-3-7-14(13)19(26)25(20(15)27)17-9-5-4-8-16(17)21/h2-11,27H,1H3,(H,23,24). The minimum absolute atomic E-state index is 0.234. The van der Waals surface area contributed by atoms with Crippen molar-refractivity contribution >= 4 is 34.4 Å². The fourth-order valence-electron chi connectivity index (χ4n) is 2.95. The number of nitrogens with one attached hydrogen (secondary N) is 1. The number of rotatable bonds is 3. The molecule has 2 aromatic heterocycles. The summed E-state index contributed by atoms with van der Waals surface area (Å²) in [5.41, 5.74) is 1.32. The number of aromatic hydroxyl groups is 1. The number of aryl methyl sites for hydroxylation is 1. The number of aliphatic imine (C=N–C) groups is 1. The van der Waals surface area contributed by atoms with Crippen molar-refractivity contribution in [2.75, 3.05) is 0 Å². The summed E-state index contributed by atoms with van der Waals surface area (Å²) in [6.45, 7) is 1.87. The number of pyridine rings is 1. The van der Waals surface area contributed by atoms with Crippen LogP contribution in [0.4, 0.5) is 5.82 Å². The fraction of sp³-hybridized carbons (Fsp3) is 0.0500.